The normalized spacial score (nSPS) is 12.2. The van der Waals surface area contributed by atoms with E-state index in [-0.39, 0.29) is 11.4 Å². The average molecular weight is 252 g/mol. The Morgan fingerprint density at radius 3 is 2.82 bits per heavy atom. The summed E-state index contributed by atoms with van der Waals surface area (Å²) in [7, 11) is 0. The van der Waals surface area contributed by atoms with Gasteiger partial charge in [0.25, 0.3) is 0 Å². The van der Waals surface area contributed by atoms with Crippen molar-refractivity contribution in [1.82, 2.24) is 10.3 Å². The zero-order chi connectivity index (χ0) is 12.5. The minimum absolute atomic E-state index is 0.128. The Morgan fingerprint density at radius 1 is 1.35 bits per heavy atom. The van der Waals surface area contributed by atoms with Gasteiger partial charge in [0.1, 0.15) is 5.82 Å². The third kappa shape index (κ3) is 3.48. The SMILES string of the molecule is CC(C)(C)NCCc1nc2cc(F)ccc2s1. The number of rotatable bonds is 3. The third-order valence-corrected chi connectivity index (χ3v) is 3.48. The number of halogens is 1. The van der Waals surface area contributed by atoms with E-state index in [0.29, 0.717) is 0 Å². The topological polar surface area (TPSA) is 24.9 Å². The van der Waals surface area contributed by atoms with Crippen LogP contribution in [0.3, 0.4) is 0 Å². The summed E-state index contributed by atoms with van der Waals surface area (Å²) in [6, 6.07) is 4.77. The molecule has 4 heteroatoms. The van der Waals surface area contributed by atoms with Crippen molar-refractivity contribution in [1.29, 1.82) is 0 Å². The molecular weight excluding hydrogens is 235 g/mol. The second-order valence-corrected chi connectivity index (χ2v) is 6.26. The summed E-state index contributed by atoms with van der Waals surface area (Å²) in [6.45, 7) is 7.31. The Morgan fingerprint density at radius 2 is 2.12 bits per heavy atom. The number of hydrogen-bond donors (Lipinski definition) is 1. The van der Waals surface area contributed by atoms with E-state index in [4.69, 9.17) is 0 Å². The minimum atomic E-state index is -0.220. The van der Waals surface area contributed by atoms with E-state index in [0.717, 1.165) is 28.2 Å². The molecular formula is C13H17FN2S. The van der Waals surface area contributed by atoms with Gasteiger partial charge in [-0.3, -0.25) is 0 Å². The number of fused-ring (bicyclic) bond motifs is 1. The lowest BCUT2D eigenvalue weighted by atomic mass is 10.1. The highest BCUT2D eigenvalue weighted by atomic mass is 32.1. The van der Waals surface area contributed by atoms with E-state index >= 15 is 0 Å². The molecule has 2 rings (SSSR count). The predicted octanol–water partition coefficient (Wildman–Crippen LogP) is 3.37. The summed E-state index contributed by atoms with van der Waals surface area (Å²) in [5.74, 6) is -0.220. The fraction of sp³-hybridized carbons (Fsp3) is 0.462. The van der Waals surface area contributed by atoms with Crippen LogP contribution in [0.15, 0.2) is 18.2 Å². The molecule has 0 aliphatic heterocycles. The van der Waals surface area contributed by atoms with Gasteiger partial charge < -0.3 is 5.32 Å². The molecule has 0 saturated carbocycles. The van der Waals surface area contributed by atoms with Crippen LogP contribution in [0.1, 0.15) is 25.8 Å². The lowest BCUT2D eigenvalue weighted by Gasteiger charge is -2.19. The molecule has 0 atom stereocenters. The van der Waals surface area contributed by atoms with Gasteiger partial charge in [0.05, 0.1) is 15.2 Å². The number of thiazole rings is 1. The van der Waals surface area contributed by atoms with Crippen LogP contribution >= 0.6 is 11.3 Å². The molecule has 2 nitrogen and oxygen atoms in total. The molecule has 0 fully saturated rings. The monoisotopic (exact) mass is 252 g/mol. The number of aromatic nitrogens is 1. The summed E-state index contributed by atoms with van der Waals surface area (Å²) < 4.78 is 14.1. The maximum Gasteiger partial charge on any atom is 0.125 e. The standard InChI is InChI=1S/C13H17FN2S/c1-13(2,3)15-7-6-12-16-10-8-9(14)4-5-11(10)17-12/h4-5,8,15H,6-7H2,1-3H3. The molecule has 0 radical (unpaired) electrons. The Bertz CT molecular complexity index is 514. The van der Waals surface area contributed by atoms with E-state index in [9.17, 15) is 4.39 Å². The molecule has 0 bridgehead atoms. The van der Waals surface area contributed by atoms with Gasteiger partial charge in [-0.25, -0.2) is 9.37 Å². The molecule has 1 heterocycles. The van der Waals surface area contributed by atoms with Crippen molar-refractivity contribution < 1.29 is 4.39 Å². The molecule has 0 unspecified atom stereocenters. The van der Waals surface area contributed by atoms with Crippen LogP contribution in [-0.2, 0) is 6.42 Å². The number of hydrogen-bond acceptors (Lipinski definition) is 3. The first-order chi connectivity index (χ1) is 7.94. The fourth-order valence-electron chi connectivity index (χ4n) is 1.60. The second-order valence-electron chi connectivity index (χ2n) is 5.15. The third-order valence-electron chi connectivity index (χ3n) is 2.39. The van der Waals surface area contributed by atoms with Crippen LogP contribution in [0.25, 0.3) is 10.2 Å². The van der Waals surface area contributed by atoms with E-state index in [1.807, 2.05) is 0 Å². The quantitative estimate of drug-likeness (QED) is 0.906. The molecule has 2 aromatic rings. The number of nitrogens with zero attached hydrogens (tertiary/aromatic N) is 1. The summed E-state index contributed by atoms with van der Waals surface area (Å²) in [5, 5.41) is 4.48. The minimum Gasteiger partial charge on any atom is -0.312 e. The fourth-order valence-corrected chi connectivity index (χ4v) is 2.55. The Labute approximate surface area is 105 Å². The van der Waals surface area contributed by atoms with Crippen LogP contribution in [0.2, 0.25) is 0 Å². The van der Waals surface area contributed by atoms with Gasteiger partial charge in [-0.2, -0.15) is 0 Å². The summed E-state index contributed by atoms with van der Waals surface area (Å²) in [6.07, 6.45) is 0.887. The maximum absolute atomic E-state index is 13.0. The lowest BCUT2D eigenvalue weighted by Crippen LogP contribution is -2.37. The first-order valence-corrected chi connectivity index (χ1v) is 6.56. The number of benzene rings is 1. The van der Waals surface area contributed by atoms with Crippen molar-refractivity contribution >= 4 is 21.6 Å². The molecule has 0 aliphatic rings. The van der Waals surface area contributed by atoms with Crippen LogP contribution in [0.4, 0.5) is 4.39 Å². The summed E-state index contributed by atoms with van der Waals surface area (Å²) in [5.41, 5.74) is 0.892. The van der Waals surface area contributed by atoms with Crippen molar-refractivity contribution in [2.24, 2.45) is 0 Å². The van der Waals surface area contributed by atoms with E-state index in [2.05, 4.69) is 31.1 Å². The van der Waals surface area contributed by atoms with Crippen molar-refractivity contribution in [3.8, 4) is 0 Å². The van der Waals surface area contributed by atoms with Gasteiger partial charge in [-0.05, 0) is 32.9 Å². The second kappa shape index (κ2) is 4.70. The van der Waals surface area contributed by atoms with E-state index in [1.165, 1.54) is 12.1 Å². The predicted molar refractivity (Wildman–Crippen MR) is 71.0 cm³/mol. The van der Waals surface area contributed by atoms with Gasteiger partial charge >= 0.3 is 0 Å². The number of nitrogens with one attached hydrogen (secondary N) is 1. The van der Waals surface area contributed by atoms with Crippen LogP contribution in [-0.4, -0.2) is 17.1 Å². The van der Waals surface area contributed by atoms with Gasteiger partial charge in [-0.1, -0.05) is 0 Å². The highest BCUT2D eigenvalue weighted by Crippen LogP contribution is 2.22. The van der Waals surface area contributed by atoms with Crippen molar-refractivity contribution in [3.63, 3.8) is 0 Å². The first kappa shape index (κ1) is 12.5. The maximum atomic E-state index is 13.0. The molecule has 17 heavy (non-hydrogen) atoms. The van der Waals surface area contributed by atoms with Gasteiger partial charge in [0.2, 0.25) is 0 Å². The van der Waals surface area contributed by atoms with E-state index in [1.54, 1.807) is 17.4 Å². The van der Waals surface area contributed by atoms with Crippen LogP contribution < -0.4 is 5.32 Å². The Balaban J connectivity index is 2.05. The highest BCUT2D eigenvalue weighted by molar-refractivity contribution is 7.18. The first-order valence-electron chi connectivity index (χ1n) is 5.74. The molecule has 92 valence electrons. The van der Waals surface area contributed by atoms with Crippen LogP contribution in [0.5, 0.6) is 0 Å². The van der Waals surface area contributed by atoms with Gasteiger partial charge in [0.15, 0.2) is 0 Å². The van der Waals surface area contributed by atoms with Gasteiger partial charge in [-0.15, -0.1) is 11.3 Å². The molecule has 0 amide bonds. The molecule has 1 aromatic carbocycles. The molecule has 0 aliphatic carbocycles. The summed E-state index contributed by atoms with van der Waals surface area (Å²) >= 11 is 1.64. The lowest BCUT2D eigenvalue weighted by molar-refractivity contribution is 0.429. The van der Waals surface area contributed by atoms with Crippen molar-refractivity contribution in [2.75, 3.05) is 6.54 Å². The Hall–Kier alpha value is -1.00. The molecule has 0 saturated heterocycles. The molecule has 0 spiro atoms. The van der Waals surface area contributed by atoms with Crippen molar-refractivity contribution in [2.45, 2.75) is 32.7 Å². The van der Waals surface area contributed by atoms with Crippen molar-refractivity contribution in [3.05, 3.63) is 29.0 Å². The smallest absolute Gasteiger partial charge is 0.125 e. The summed E-state index contributed by atoms with van der Waals surface area (Å²) in [4.78, 5) is 4.43. The Kier molecular flexibility index (Phi) is 3.45. The van der Waals surface area contributed by atoms with Gasteiger partial charge in [0, 0.05) is 24.6 Å². The highest BCUT2D eigenvalue weighted by Gasteiger charge is 2.09. The zero-order valence-electron chi connectivity index (χ0n) is 10.4. The molecule has 1 N–H and O–H groups in total. The largest absolute Gasteiger partial charge is 0.312 e. The van der Waals surface area contributed by atoms with Crippen LogP contribution in [0, 0.1) is 5.82 Å². The average Bonchev–Trinajstić information content (AvgIpc) is 2.57. The molecule has 1 aromatic heterocycles. The zero-order valence-corrected chi connectivity index (χ0v) is 11.2. The van der Waals surface area contributed by atoms with E-state index < -0.39 is 0 Å².